The lowest BCUT2D eigenvalue weighted by molar-refractivity contribution is 0.314. The Kier molecular flexibility index (Phi) is 6.29. The number of aromatic hydroxyl groups is 1. The molecular formula is C23H30ClN3O2Si. The lowest BCUT2D eigenvalue weighted by Crippen LogP contribution is -2.22. The number of hydrogen-bond donors (Lipinski definition) is 1. The molecule has 0 bridgehead atoms. The van der Waals surface area contributed by atoms with Crippen molar-refractivity contribution in [3.8, 4) is 17.2 Å². The normalized spacial score (nSPS) is 12.3. The van der Waals surface area contributed by atoms with Crippen molar-refractivity contribution in [2.75, 3.05) is 6.61 Å². The summed E-state index contributed by atoms with van der Waals surface area (Å²) in [7, 11) is -1.34. The summed E-state index contributed by atoms with van der Waals surface area (Å²) in [4.78, 5) is 1.45. The summed E-state index contributed by atoms with van der Waals surface area (Å²) in [6, 6.07) is 10.2. The molecule has 0 aliphatic carbocycles. The zero-order chi connectivity index (χ0) is 22.1. The van der Waals surface area contributed by atoms with Crippen LogP contribution in [0.2, 0.25) is 24.2 Å². The van der Waals surface area contributed by atoms with Crippen LogP contribution in [0.5, 0.6) is 11.5 Å². The van der Waals surface area contributed by atoms with Crippen LogP contribution in [0.15, 0.2) is 42.6 Å². The summed E-state index contributed by atoms with van der Waals surface area (Å²) < 4.78 is 6.08. The van der Waals surface area contributed by atoms with Gasteiger partial charge in [-0.15, -0.1) is 27.3 Å². The zero-order valence-corrected chi connectivity index (χ0v) is 20.1. The Morgan fingerprint density at radius 1 is 1.17 bits per heavy atom. The van der Waals surface area contributed by atoms with E-state index in [4.69, 9.17) is 16.3 Å². The van der Waals surface area contributed by atoms with Crippen LogP contribution in [0.1, 0.15) is 32.8 Å². The van der Waals surface area contributed by atoms with Gasteiger partial charge in [-0.05, 0) is 36.1 Å². The number of rotatable bonds is 7. The van der Waals surface area contributed by atoms with Gasteiger partial charge in [0.25, 0.3) is 0 Å². The van der Waals surface area contributed by atoms with Crippen LogP contribution >= 0.6 is 11.6 Å². The maximum absolute atomic E-state index is 11.0. The minimum atomic E-state index is -1.34. The third kappa shape index (κ3) is 5.05. The van der Waals surface area contributed by atoms with E-state index in [-0.39, 0.29) is 11.2 Å². The molecule has 0 spiro atoms. The summed E-state index contributed by atoms with van der Waals surface area (Å²) in [5.41, 5.74) is 4.50. The van der Waals surface area contributed by atoms with E-state index in [9.17, 15) is 5.11 Å². The molecule has 0 fully saturated rings. The smallest absolute Gasteiger partial charge is 0.147 e. The van der Waals surface area contributed by atoms with Crippen molar-refractivity contribution < 1.29 is 9.84 Å². The molecule has 160 valence electrons. The van der Waals surface area contributed by atoms with Gasteiger partial charge in [-0.1, -0.05) is 51.5 Å². The molecule has 2 aromatic carbocycles. The van der Waals surface area contributed by atoms with Crippen molar-refractivity contribution in [1.29, 1.82) is 0 Å². The minimum absolute atomic E-state index is 0.154. The highest BCUT2D eigenvalue weighted by molar-refractivity contribution is 6.82. The minimum Gasteiger partial charge on any atom is -0.505 e. The van der Waals surface area contributed by atoms with E-state index < -0.39 is 8.07 Å². The number of ether oxygens (including phenoxy) is 1. The molecule has 1 heterocycles. The second-order valence-corrected chi connectivity index (χ2v) is 14.7. The van der Waals surface area contributed by atoms with Gasteiger partial charge in [0.1, 0.15) is 28.2 Å². The van der Waals surface area contributed by atoms with Crippen LogP contribution in [0.3, 0.4) is 0 Å². The fraction of sp³-hybridized carbons (Fsp3) is 0.391. The van der Waals surface area contributed by atoms with E-state index >= 15 is 0 Å². The summed E-state index contributed by atoms with van der Waals surface area (Å²) in [5, 5.41) is 20.6. The first-order valence-corrected chi connectivity index (χ1v) is 13.8. The molecule has 0 saturated heterocycles. The first kappa shape index (κ1) is 22.4. The Morgan fingerprint density at radius 2 is 1.87 bits per heavy atom. The molecule has 0 radical (unpaired) electrons. The molecule has 0 amide bonds. The van der Waals surface area contributed by atoms with Crippen LogP contribution < -0.4 is 4.74 Å². The lowest BCUT2D eigenvalue weighted by Gasteiger charge is -2.23. The molecule has 3 rings (SSSR count). The summed E-state index contributed by atoms with van der Waals surface area (Å²) >= 11 is 6.08. The van der Waals surface area contributed by atoms with Crippen LogP contribution in [-0.2, 0) is 5.41 Å². The molecule has 3 aromatic rings. The number of phenols is 1. The van der Waals surface area contributed by atoms with Crippen molar-refractivity contribution >= 4 is 30.7 Å². The second kappa shape index (κ2) is 8.44. The SMILES string of the molecule is C=C[Si](C)(C)CCCOc1cc(-n2nc3ccc(Cl)cc3n2)c(O)c(C(C)(C)C)c1. The Morgan fingerprint density at radius 3 is 2.53 bits per heavy atom. The van der Waals surface area contributed by atoms with Gasteiger partial charge < -0.3 is 9.84 Å². The van der Waals surface area contributed by atoms with Gasteiger partial charge in [0.05, 0.1) is 14.7 Å². The highest BCUT2D eigenvalue weighted by Gasteiger charge is 2.24. The van der Waals surface area contributed by atoms with E-state index in [0.29, 0.717) is 34.1 Å². The van der Waals surface area contributed by atoms with Crippen LogP contribution in [0.4, 0.5) is 0 Å². The lowest BCUT2D eigenvalue weighted by atomic mass is 9.86. The van der Waals surface area contributed by atoms with Crippen molar-refractivity contribution in [2.45, 2.75) is 51.7 Å². The van der Waals surface area contributed by atoms with E-state index in [1.807, 2.05) is 12.1 Å². The number of benzene rings is 2. The molecule has 5 nitrogen and oxygen atoms in total. The van der Waals surface area contributed by atoms with E-state index in [1.54, 1.807) is 18.2 Å². The maximum atomic E-state index is 11.0. The van der Waals surface area contributed by atoms with Crippen molar-refractivity contribution in [2.24, 2.45) is 0 Å². The van der Waals surface area contributed by atoms with Gasteiger partial charge in [-0.25, -0.2) is 0 Å². The van der Waals surface area contributed by atoms with E-state index in [1.165, 1.54) is 4.80 Å². The van der Waals surface area contributed by atoms with Crippen LogP contribution in [0.25, 0.3) is 16.7 Å². The molecular weight excluding hydrogens is 414 g/mol. The number of fused-ring (bicyclic) bond motifs is 1. The predicted octanol–water partition coefficient (Wildman–Crippen LogP) is 6.28. The first-order valence-electron chi connectivity index (χ1n) is 10.2. The third-order valence-corrected chi connectivity index (χ3v) is 8.20. The van der Waals surface area contributed by atoms with Crippen molar-refractivity contribution in [1.82, 2.24) is 15.0 Å². The monoisotopic (exact) mass is 443 g/mol. The number of aromatic nitrogens is 3. The fourth-order valence-corrected chi connectivity index (χ4v) is 4.64. The van der Waals surface area contributed by atoms with Gasteiger partial charge in [-0.3, -0.25) is 0 Å². The van der Waals surface area contributed by atoms with Crippen molar-refractivity contribution in [3.05, 3.63) is 53.2 Å². The standard InChI is InChI=1S/C23H30ClN3O2Si/c1-7-30(5,6)12-8-11-29-17-14-18(23(2,3)4)22(28)21(15-17)27-25-19-10-9-16(24)13-20(19)26-27/h7,9-10,13-15,28H,1,8,11-12H2,2-6H3. The number of hydrogen-bond acceptors (Lipinski definition) is 4. The molecule has 30 heavy (non-hydrogen) atoms. The largest absolute Gasteiger partial charge is 0.505 e. The molecule has 1 aromatic heterocycles. The number of nitrogens with zero attached hydrogens (tertiary/aromatic N) is 3. The van der Waals surface area contributed by atoms with Gasteiger partial charge in [-0.2, -0.15) is 0 Å². The van der Waals surface area contributed by atoms with E-state index in [2.05, 4.69) is 56.3 Å². The quantitative estimate of drug-likeness (QED) is 0.344. The molecule has 0 aliphatic heterocycles. The highest BCUT2D eigenvalue weighted by atomic mass is 35.5. The van der Waals surface area contributed by atoms with Gasteiger partial charge in [0, 0.05) is 16.7 Å². The van der Waals surface area contributed by atoms with Crippen LogP contribution in [-0.4, -0.2) is 34.8 Å². The Bertz CT molecular complexity index is 1070. The molecule has 0 saturated carbocycles. The number of halogens is 1. The second-order valence-electron chi connectivity index (χ2n) is 9.36. The average Bonchev–Trinajstić information content (AvgIpc) is 3.08. The Labute approximate surface area is 184 Å². The molecule has 0 unspecified atom stereocenters. The highest BCUT2D eigenvalue weighted by Crippen LogP contribution is 2.38. The average molecular weight is 444 g/mol. The van der Waals surface area contributed by atoms with Crippen molar-refractivity contribution in [3.63, 3.8) is 0 Å². The van der Waals surface area contributed by atoms with Gasteiger partial charge in [0.15, 0.2) is 0 Å². The summed E-state index contributed by atoms with van der Waals surface area (Å²) in [5.74, 6) is 0.853. The maximum Gasteiger partial charge on any atom is 0.147 e. The van der Waals surface area contributed by atoms with E-state index in [0.717, 1.165) is 18.0 Å². The molecule has 0 aliphatic rings. The van der Waals surface area contributed by atoms with Gasteiger partial charge >= 0.3 is 0 Å². The summed E-state index contributed by atoms with van der Waals surface area (Å²) in [6.45, 7) is 15.3. The van der Waals surface area contributed by atoms with Gasteiger partial charge in [0.2, 0.25) is 0 Å². The molecule has 0 atom stereocenters. The zero-order valence-electron chi connectivity index (χ0n) is 18.4. The fourth-order valence-electron chi connectivity index (χ4n) is 3.22. The Balaban J connectivity index is 1.95. The number of phenolic OH excluding ortho intramolecular Hbond substituents is 1. The summed E-state index contributed by atoms with van der Waals surface area (Å²) in [6.07, 6.45) is 0.967. The molecule has 7 heteroatoms. The predicted molar refractivity (Wildman–Crippen MR) is 127 cm³/mol. The Hall–Kier alpha value is -2.31. The first-order chi connectivity index (χ1) is 14.0. The van der Waals surface area contributed by atoms with Crippen LogP contribution in [0, 0.1) is 0 Å². The molecule has 1 N–H and O–H groups in total. The topological polar surface area (TPSA) is 60.2 Å². The third-order valence-electron chi connectivity index (χ3n) is 5.22.